The molecule has 0 radical (unpaired) electrons. The van der Waals surface area contributed by atoms with Crippen molar-refractivity contribution in [1.82, 2.24) is 15.5 Å². The van der Waals surface area contributed by atoms with Gasteiger partial charge in [0.1, 0.15) is 6.04 Å². The zero-order valence-electron chi connectivity index (χ0n) is 14.6. The van der Waals surface area contributed by atoms with Gasteiger partial charge in [0.15, 0.2) is 0 Å². The molecule has 1 aromatic rings. The number of hydrogen-bond acceptors (Lipinski definition) is 4. The molecule has 0 bridgehead atoms. The summed E-state index contributed by atoms with van der Waals surface area (Å²) in [6, 6.07) is 6.04. The van der Waals surface area contributed by atoms with Crippen LogP contribution in [0.25, 0.3) is 0 Å². The van der Waals surface area contributed by atoms with Gasteiger partial charge in [-0.1, -0.05) is 29.8 Å². The molecule has 138 valence electrons. The van der Waals surface area contributed by atoms with E-state index in [0.717, 1.165) is 5.56 Å². The highest BCUT2D eigenvalue weighted by Gasteiger charge is 2.23. The Kier molecular flexibility index (Phi) is 8.37. The Morgan fingerprint density at radius 2 is 1.88 bits per heavy atom. The predicted molar refractivity (Wildman–Crippen MR) is 95.4 cm³/mol. The quantitative estimate of drug-likeness (QED) is 0.611. The van der Waals surface area contributed by atoms with Crippen LogP contribution in [0.1, 0.15) is 32.4 Å². The second-order valence-electron chi connectivity index (χ2n) is 5.78. The zero-order valence-corrected chi connectivity index (χ0v) is 15.3. The SMILES string of the molecule is CC(=O)NCCN(CC(=O)NC(C)c1ccccc1Cl)C(C)C(=O)O. The van der Waals surface area contributed by atoms with Gasteiger partial charge in [-0.15, -0.1) is 0 Å². The third kappa shape index (κ3) is 7.11. The van der Waals surface area contributed by atoms with Gasteiger partial charge < -0.3 is 15.7 Å². The molecular weight excluding hydrogens is 346 g/mol. The van der Waals surface area contributed by atoms with Gasteiger partial charge in [0, 0.05) is 25.0 Å². The van der Waals surface area contributed by atoms with E-state index in [9.17, 15) is 19.5 Å². The van der Waals surface area contributed by atoms with Crippen LogP contribution in [-0.2, 0) is 14.4 Å². The van der Waals surface area contributed by atoms with E-state index in [1.54, 1.807) is 19.1 Å². The second kappa shape index (κ2) is 10.0. The van der Waals surface area contributed by atoms with Crippen LogP contribution >= 0.6 is 11.6 Å². The summed E-state index contributed by atoms with van der Waals surface area (Å²) in [6.07, 6.45) is 0. The Morgan fingerprint density at radius 1 is 1.24 bits per heavy atom. The predicted octanol–water partition coefficient (Wildman–Crippen LogP) is 1.43. The van der Waals surface area contributed by atoms with E-state index in [2.05, 4.69) is 10.6 Å². The standard InChI is InChI=1S/C17H24ClN3O4/c1-11(14-6-4-5-7-15(14)18)20-16(23)10-21(12(2)17(24)25)9-8-19-13(3)22/h4-7,11-12H,8-10H2,1-3H3,(H,19,22)(H,20,23)(H,24,25). The minimum Gasteiger partial charge on any atom is -0.480 e. The topological polar surface area (TPSA) is 98.7 Å². The fraction of sp³-hybridized carbons (Fsp3) is 0.471. The first-order valence-corrected chi connectivity index (χ1v) is 8.35. The van der Waals surface area contributed by atoms with E-state index in [4.69, 9.17) is 11.6 Å². The van der Waals surface area contributed by atoms with Crippen LogP contribution in [0.3, 0.4) is 0 Å². The number of benzene rings is 1. The largest absolute Gasteiger partial charge is 0.480 e. The lowest BCUT2D eigenvalue weighted by Crippen LogP contribution is -2.48. The molecule has 0 aliphatic heterocycles. The summed E-state index contributed by atoms with van der Waals surface area (Å²) in [7, 11) is 0. The summed E-state index contributed by atoms with van der Waals surface area (Å²) in [5, 5.41) is 15.2. The Balaban J connectivity index is 2.68. The number of hydrogen-bond donors (Lipinski definition) is 3. The van der Waals surface area contributed by atoms with E-state index in [1.165, 1.54) is 18.7 Å². The van der Waals surface area contributed by atoms with Gasteiger partial charge in [0.2, 0.25) is 11.8 Å². The minimum absolute atomic E-state index is 0.0954. The summed E-state index contributed by atoms with van der Waals surface area (Å²) in [5.74, 6) is -1.56. The van der Waals surface area contributed by atoms with Gasteiger partial charge in [-0.25, -0.2) is 0 Å². The number of halogens is 1. The van der Waals surface area contributed by atoms with Crippen molar-refractivity contribution in [3.05, 3.63) is 34.9 Å². The van der Waals surface area contributed by atoms with Crippen molar-refractivity contribution in [2.45, 2.75) is 32.9 Å². The monoisotopic (exact) mass is 369 g/mol. The molecule has 0 saturated carbocycles. The summed E-state index contributed by atoms with van der Waals surface area (Å²) >= 11 is 6.12. The summed E-state index contributed by atoms with van der Waals surface area (Å²) < 4.78 is 0. The molecule has 2 unspecified atom stereocenters. The smallest absolute Gasteiger partial charge is 0.320 e. The van der Waals surface area contributed by atoms with E-state index in [0.29, 0.717) is 5.02 Å². The fourth-order valence-corrected chi connectivity index (χ4v) is 2.62. The highest BCUT2D eigenvalue weighted by Crippen LogP contribution is 2.21. The number of carboxylic acid groups (broad SMARTS) is 1. The lowest BCUT2D eigenvalue weighted by atomic mass is 10.1. The summed E-state index contributed by atoms with van der Waals surface area (Å²) in [4.78, 5) is 36.0. The number of carbonyl (C=O) groups is 3. The van der Waals surface area contributed by atoms with Gasteiger partial charge in [-0.05, 0) is 25.5 Å². The Hall–Kier alpha value is -2.12. The molecule has 7 nitrogen and oxygen atoms in total. The Bertz CT molecular complexity index is 624. The number of amides is 2. The highest BCUT2D eigenvalue weighted by atomic mass is 35.5. The molecule has 0 aliphatic rings. The zero-order chi connectivity index (χ0) is 19.0. The van der Waals surface area contributed by atoms with E-state index >= 15 is 0 Å². The van der Waals surface area contributed by atoms with Gasteiger partial charge in [-0.2, -0.15) is 0 Å². The van der Waals surface area contributed by atoms with Crippen molar-refractivity contribution in [2.24, 2.45) is 0 Å². The molecule has 0 saturated heterocycles. The van der Waals surface area contributed by atoms with E-state index in [-0.39, 0.29) is 37.5 Å². The fourth-order valence-electron chi connectivity index (χ4n) is 2.32. The Morgan fingerprint density at radius 3 is 2.44 bits per heavy atom. The molecule has 0 spiro atoms. The van der Waals surface area contributed by atoms with E-state index in [1.807, 2.05) is 12.1 Å². The number of nitrogens with zero attached hydrogens (tertiary/aromatic N) is 1. The van der Waals surface area contributed by atoms with Crippen molar-refractivity contribution >= 4 is 29.4 Å². The second-order valence-corrected chi connectivity index (χ2v) is 6.19. The van der Waals surface area contributed by atoms with Gasteiger partial charge in [0.25, 0.3) is 0 Å². The maximum atomic E-state index is 12.3. The number of carbonyl (C=O) groups excluding carboxylic acids is 2. The van der Waals surface area contributed by atoms with Crippen LogP contribution in [-0.4, -0.2) is 53.5 Å². The molecule has 0 heterocycles. The van der Waals surface area contributed by atoms with E-state index < -0.39 is 12.0 Å². The van der Waals surface area contributed by atoms with Crippen LogP contribution in [0, 0.1) is 0 Å². The highest BCUT2D eigenvalue weighted by molar-refractivity contribution is 6.31. The van der Waals surface area contributed by atoms with Crippen LogP contribution in [0.15, 0.2) is 24.3 Å². The number of aliphatic carboxylic acids is 1. The average Bonchev–Trinajstić information content (AvgIpc) is 2.53. The third-order valence-electron chi connectivity index (χ3n) is 3.77. The molecule has 2 atom stereocenters. The molecule has 8 heteroatoms. The lowest BCUT2D eigenvalue weighted by molar-refractivity contribution is -0.143. The van der Waals surface area contributed by atoms with Crippen LogP contribution < -0.4 is 10.6 Å². The lowest BCUT2D eigenvalue weighted by Gasteiger charge is -2.26. The van der Waals surface area contributed by atoms with Gasteiger partial charge >= 0.3 is 5.97 Å². The molecule has 1 rings (SSSR count). The molecule has 1 aromatic carbocycles. The van der Waals surface area contributed by atoms with Crippen molar-refractivity contribution in [2.75, 3.05) is 19.6 Å². The van der Waals surface area contributed by atoms with Crippen molar-refractivity contribution in [3.8, 4) is 0 Å². The van der Waals surface area contributed by atoms with Crippen molar-refractivity contribution in [3.63, 3.8) is 0 Å². The minimum atomic E-state index is -1.03. The maximum absolute atomic E-state index is 12.3. The van der Waals surface area contributed by atoms with Crippen molar-refractivity contribution < 1.29 is 19.5 Å². The van der Waals surface area contributed by atoms with Gasteiger partial charge in [-0.3, -0.25) is 19.3 Å². The van der Waals surface area contributed by atoms with Crippen molar-refractivity contribution in [1.29, 1.82) is 0 Å². The summed E-state index contributed by atoms with van der Waals surface area (Å²) in [5.41, 5.74) is 0.786. The number of rotatable bonds is 9. The molecule has 0 fully saturated rings. The van der Waals surface area contributed by atoms with Crippen LogP contribution in [0.4, 0.5) is 0 Å². The number of carboxylic acids is 1. The van der Waals surface area contributed by atoms with Gasteiger partial charge in [0.05, 0.1) is 12.6 Å². The number of nitrogens with one attached hydrogen (secondary N) is 2. The molecule has 0 aliphatic carbocycles. The molecule has 2 amide bonds. The maximum Gasteiger partial charge on any atom is 0.320 e. The molecule has 0 aromatic heterocycles. The first kappa shape index (κ1) is 20.9. The average molecular weight is 370 g/mol. The summed E-state index contributed by atoms with van der Waals surface area (Å²) in [6.45, 7) is 5.11. The normalized spacial score (nSPS) is 13.2. The first-order chi connectivity index (χ1) is 11.7. The molecule has 25 heavy (non-hydrogen) atoms. The molecular formula is C17H24ClN3O4. The van der Waals surface area contributed by atoms with Crippen LogP contribution in [0.5, 0.6) is 0 Å². The molecule has 3 N–H and O–H groups in total. The first-order valence-electron chi connectivity index (χ1n) is 7.97. The Labute approximate surface area is 152 Å². The third-order valence-corrected chi connectivity index (χ3v) is 4.12. The van der Waals surface area contributed by atoms with Crippen LogP contribution in [0.2, 0.25) is 5.02 Å².